The minimum Gasteiger partial charge on any atom is -0.399 e. The number of Topliss-reactive ketones (excluding diaryl/α,β-unsaturated/α-hetero) is 1. The van der Waals surface area contributed by atoms with Crippen molar-refractivity contribution < 1.29 is 14.1 Å². The maximum Gasteiger partial charge on any atom is 0.495 e. The molecule has 2 rings (SSSR count). The quantitative estimate of drug-likeness (QED) is 0.735. The molecule has 0 aliphatic carbocycles. The van der Waals surface area contributed by atoms with E-state index >= 15 is 0 Å². The van der Waals surface area contributed by atoms with E-state index in [0.29, 0.717) is 6.42 Å². The summed E-state index contributed by atoms with van der Waals surface area (Å²) >= 11 is 0. The van der Waals surface area contributed by atoms with Crippen molar-refractivity contribution in [2.24, 2.45) is 5.92 Å². The highest BCUT2D eigenvalue weighted by molar-refractivity contribution is 6.69. The van der Waals surface area contributed by atoms with E-state index in [4.69, 9.17) is 9.31 Å². The number of allylic oxidation sites excluding steroid dienone is 1. The zero-order chi connectivity index (χ0) is 18.1. The Morgan fingerprint density at radius 2 is 1.54 bits per heavy atom. The highest BCUT2D eigenvalue weighted by Gasteiger charge is 2.52. The van der Waals surface area contributed by atoms with Gasteiger partial charge in [0.15, 0.2) is 0 Å². The highest BCUT2D eigenvalue weighted by atomic mass is 16.7. The van der Waals surface area contributed by atoms with Gasteiger partial charge in [-0.15, -0.1) is 0 Å². The Kier molecular flexibility index (Phi) is 5.41. The Hall–Kier alpha value is -1.39. The molecule has 0 amide bonds. The van der Waals surface area contributed by atoms with Crippen LogP contribution in [0.25, 0.3) is 5.47 Å². The van der Waals surface area contributed by atoms with E-state index < -0.39 is 7.12 Å². The van der Waals surface area contributed by atoms with Gasteiger partial charge in [-0.2, -0.15) is 0 Å². The van der Waals surface area contributed by atoms with Gasteiger partial charge in [-0.3, -0.25) is 4.79 Å². The van der Waals surface area contributed by atoms with Crippen molar-refractivity contribution in [2.45, 2.75) is 66.1 Å². The Bertz CT molecular complexity index is 616. The summed E-state index contributed by atoms with van der Waals surface area (Å²) in [6.45, 7) is 13.9. The number of carbonyl (C=O) groups excluding carboxylic acids is 1. The van der Waals surface area contributed by atoms with Crippen molar-refractivity contribution in [3.8, 4) is 0 Å². The van der Waals surface area contributed by atoms with E-state index in [2.05, 4.69) is 46.8 Å². The summed E-state index contributed by atoms with van der Waals surface area (Å²) in [6, 6.07) is 10.2. The maximum atomic E-state index is 11.7. The maximum absolute atomic E-state index is 11.7. The molecule has 1 fully saturated rings. The van der Waals surface area contributed by atoms with Crippen LogP contribution in [0.1, 0.15) is 60.5 Å². The minimum absolute atomic E-state index is 0.00821. The third-order valence-electron chi connectivity index (χ3n) is 5.34. The molecule has 1 saturated heterocycles. The first-order valence-electron chi connectivity index (χ1n) is 8.66. The molecule has 1 aromatic rings. The van der Waals surface area contributed by atoms with Gasteiger partial charge in [0.05, 0.1) is 11.2 Å². The first kappa shape index (κ1) is 18.9. The van der Waals surface area contributed by atoms with Crippen LogP contribution in [0.3, 0.4) is 0 Å². The molecule has 4 heteroatoms. The molecule has 1 aliphatic heterocycles. The first-order chi connectivity index (χ1) is 11.0. The summed E-state index contributed by atoms with van der Waals surface area (Å²) < 4.78 is 12.6. The van der Waals surface area contributed by atoms with Gasteiger partial charge in [0.1, 0.15) is 5.78 Å². The van der Waals surface area contributed by atoms with Crippen LogP contribution in [0.2, 0.25) is 0 Å². The summed E-state index contributed by atoms with van der Waals surface area (Å²) in [5.41, 5.74) is 2.50. The van der Waals surface area contributed by atoms with Gasteiger partial charge in [0.25, 0.3) is 0 Å². The van der Waals surface area contributed by atoms with E-state index in [1.54, 1.807) is 6.92 Å². The summed E-state index contributed by atoms with van der Waals surface area (Å²) in [5.74, 6) is 0.196. The Morgan fingerprint density at radius 1 is 1.04 bits per heavy atom. The van der Waals surface area contributed by atoms with Crippen molar-refractivity contribution in [1.29, 1.82) is 0 Å². The molecular formula is C20H29BO3. The van der Waals surface area contributed by atoms with E-state index in [1.807, 2.05) is 25.1 Å². The molecule has 0 bridgehead atoms. The topological polar surface area (TPSA) is 35.5 Å². The van der Waals surface area contributed by atoms with Crippen molar-refractivity contribution in [3.05, 3.63) is 41.5 Å². The molecule has 0 aromatic heterocycles. The Labute approximate surface area is 146 Å². The lowest BCUT2D eigenvalue weighted by Crippen LogP contribution is -2.41. The SMILES string of the molecule is CC(=O)C(C)C/C(C)=C(/B1OC(C)(C)C(C)(C)O1)c1ccccc1. The smallest absolute Gasteiger partial charge is 0.399 e. The lowest BCUT2D eigenvalue weighted by atomic mass is 9.70. The van der Waals surface area contributed by atoms with Gasteiger partial charge < -0.3 is 9.31 Å². The van der Waals surface area contributed by atoms with Gasteiger partial charge in [-0.05, 0) is 59.0 Å². The molecule has 0 radical (unpaired) electrons. The molecule has 1 heterocycles. The van der Waals surface area contributed by atoms with Gasteiger partial charge in [0, 0.05) is 5.92 Å². The molecule has 130 valence electrons. The number of benzene rings is 1. The van der Waals surface area contributed by atoms with Gasteiger partial charge in [-0.1, -0.05) is 42.8 Å². The van der Waals surface area contributed by atoms with Crippen LogP contribution < -0.4 is 0 Å². The van der Waals surface area contributed by atoms with Gasteiger partial charge in [-0.25, -0.2) is 0 Å². The predicted octanol–water partition coefficient (Wildman–Crippen LogP) is 4.71. The van der Waals surface area contributed by atoms with Crippen LogP contribution in [-0.2, 0) is 14.1 Å². The standard InChI is InChI=1S/C20H29BO3/c1-14(16(3)22)13-15(2)18(17-11-9-8-10-12-17)21-23-19(4,5)20(6,7)24-21/h8-12,14H,13H2,1-7H3/b18-15+. The number of ketones is 1. The summed E-state index contributed by atoms with van der Waals surface area (Å²) in [6.07, 6.45) is 0.712. The molecule has 0 spiro atoms. The zero-order valence-corrected chi connectivity index (χ0v) is 16.0. The largest absolute Gasteiger partial charge is 0.495 e. The number of hydrogen-bond donors (Lipinski definition) is 0. The van der Waals surface area contributed by atoms with Crippen LogP contribution in [0.5, 0.6) is 0 Å². The number of carbonyl (C=O) groups is 1. The molecule has 0 saturated carbocycles. The lowest BCUT2D eigenvalue weighted by molar-refractivity contribution is -0.120. The van der Waals surface area contributed by atoms with Crippen molar-refractivity contribution in [1.82, 2.24) is 0 Å². The van der Waals surface area contributed by atoms with Gasteiger partial charge >= 0.3 is 7.12 Å². The fourth-order valence-electron chi connectivity index (χ4n) is 2.88. The fraction of sp³-hybridized carbons (Fsp3) is 0.550. The predicted molar refractivity (Wildman–Crippen MR) is 99.6 cm³/mol. The summed E-state index contributed by atoms with van der Waals surface area (Å²) in [4.78, 5) is 11.7. The average Bonchev–Trinajstić information content (AvgIpc) is 2.68. The number of rotatable bonds is 5. The van der Waals surface area contributed by atoms with Crippen LogP contribution in [0.4, 0.5) is 0 Å². The molecule has 1 aliphatic rings. The normalized spacial score (nSPS) is 21.4. The molecule has 24 heavy (non-hydrogen) atoms. The second-order valence-electron chi connectivity index (χ2n) is 7.86. The molecule has 1 atom stereocenters. The van der Waals surface area contributed by atoms with E-state index in [0.717, 1.165) is 16.6 Å². The molecular weight excluding hydrogens is 299 g/mol. The molecule has 1 unspecified atom stereocenters. The van der Waals surface area contributed by atoms with E-state index in [-0.39, 0.29) is 22.9 Å². The molecule has 0 N–H and O–H groups in total. The average molecular weight is 328 g/mol. The summed E-state index contributed by atoms with van der Waals surface area (Å²) in [5, 5.41) is 0. The summed E-state index contributed by atoms with van der Waals surface area (Å²) in [7, 11) is -0.420. The second-order valence-corrected chi connectivity index (χ2v) is 7.86. The zero-order valence-electron chi connectivity index (χ0n) is 16.0. The van der Waals surface area contributed by atoms with Crippen molar-refractivity contribution >= 4 is 18.4 Å². The molecule has 3 nitrogen and oxygen atoms in total. The number of hydrogen-bond acceptors (Lipinski definition) is 3. The lowest BCUT2D eigenvalue weighted by Gasteiger charge is -2.32. The minimum atomic E-state index is -0.420. The fourth-order valence-corrected chi connectivity index (χ4v) is 2.88. The first-order valence-corrected chi connectivity index (χ1v) is 8.66. The monoisotopic (exact) mass is 328 g/mol. The highest BCUT2D eigenvalue weighted by Crippen LogP contribution is 2.41. The van der Waals surface area contributed by atoms with E-state index in [1.165, 1.54) is 0 Å². The Balaban J connectivity index is 2.44. The Morgan fingerprint density at radius 3 is 2.00 bits per heavy atom. The van der Waals surface area contributed by atoms with Gasteiger partial charge in [0.2, 0.25) is 0 Å². The van der Waals surface area contributed by atoms with Crippen molar-refractivity contribution in [3.63, 3.8) is 0 Å². The third-order valence-corrected chi connectivity index (χ3v) is 5.34. The van der Waals surface area contributed by atoms with Crippen LogP contribution in [0.15, 0.2) is 35.9 Å². The van der Waals surface area contributed by atoms with Crippen molar-refractivity contribution in [2.75, 3.05) is 0 Å². The second kappa shape index (κ2) is 6.85. The van der Waals surface area contributed by atoms with E-state index in [9.17, 15) is 4.79 Å². The van der Waals surface area contributed by atoms with Crippen LogP contribution >= 0.6 is 0 Å². The third kappa shape index (κ3) is 3.81. The van der Waals surface area contributed by atoms with Crippen LogP contribution in [0, 0.1) is 5.92 Å². The molecule has 1 aromatic carbocycles. The van der Waals surface area contributed by atoms with Crippen LogP contribution in [-0.4, -0.2) is 24.1 Å².